The van der Waals surface area contributed by atoms with Crippen molar-refractivity contribution in [3.8, 4) is 29.3 Å². The minimum atomic E-state index is -0.243. The number of aryl methyl sites for hydroxylation is 1. The number of fused-ring (bicyclic) bond motifs is 1. The molecule has 1 amide bonds. The zero-order chi connectivity index (χ0) is 22.9. The highest BCUT2D eigenvalue weighted by molar-refractivity contribution is 6.30. The molecular weight excluding hydrogens is 436 g/mol. The number of hydrogen-bond acceptors (Lipinski definition) is 3. The maximum atomic E-state index is 12.9. The van der Waals surface area contributed by atoms with Crippen molar-refractivity contribution in [1.82, 2.24) is 20.1 Å². The van der Waals surface area contributed by atoms with Crippen molar-refractivity contribution in [2.75, 3.05) is 0 Å². The lowest BCUT2D eigenvalue weighted by molar-refractivity contribution is 0.0936. The minimum absolute atomic E-state index is 0.0830. The second kappa shape index (κ2) is 8.45. The molecule has 2 heterocycles. The number of aromatic amines is 1. The molecule has 0 spiro atoms. The van der Waals surface area contributed by atoms with Crippen LogP contribution >= 0.6 is 11.6 Å². The quantitative estimate of drug-likeness (QED) is 0.452. The molecule has 2 aromatic carbocycles. The molecule has 0 bridgehead atoms. The SMILES string of the molecule is C#Cc1ccc(-c2c[nH]n(-c3ccc(C(=O)NC4CCc5ccc(Cl)cc54)cn3)c2=O)cc1. The van der Waals surface area contributed by atoms with Crippen LogP contribution in [0.2, 0.25) is 5.02 Å². The van der Waals surface area contributed by atoms with Gasteiger partial charge >= 0.3 is 0 Å². The number of terminal acetylenes is 1. The Morgan fingerprint density at radius 2 is 2.00 bits per heavy atom. The van der Waals surface area contributed by atoms with E-state index in [1.807, 2.05) is 18.2 Å². The van der Waals surface area contributed by atoms with Crippen molar-refractivity contribution >= 4 is 17.5 Å². The molecule has 1 unspecified atom stereocenters. The van der Waals surface area contributed by atoms with Crippen molar-refractivity contribution in [1.29, 1.82) is 0 Å². The van der Waals surface area contributed by atoms with Crippen LogP contribution in [0.1, 0.15) is 39.5 Å². The lowest BCUT2D eigenvalue weighted by Crippen LogP contribution is -2.27. The van der Waals surface area contributed by atoms with Crippen molar-refractivity contribution in [2.24, 2.45) is 0 Å². The zero-order valence-electron chi connectivity index (χ0n) is 17.5. The van der Waals surface area contributed by atoms with Crippen LogP contribution in [0.25, 0.3) is 16.9 Å². The highest BCUT2D eigenvalue weighted by Crippen LogP contribution is 2.33. The first-order valence-corrected chi connectivity index (χ1v) is 10.8. The molecule has 5 rings (SSSR count). The molecule has 7 heteroatoms. The van der Waals surface area contributed by atoms with Crippen molar-refractivity contribution in [3.63, 3.8) is 0 Å². The monoisotopic (exact) mass is 454 g/mol. The summed E-state index contributed by atoms with van der Waals surface area (Å²) in [7, 11) is 0. The van der Waals surface area contributed by atoms with Crippen LogP contribution in [0.3, 0.4) is 0 Å². The van der Waals surface area contributed by atoms with Gasteiger partial charge in [0.25, 0.3) is 11.5 Å². The molecule has 0 saturated heterocycles. The van der Waals surface area contributed by atoms with Gasteiger partial charge in [-0.25, -0.2) is 9.67 Å². The molecule has 2 aromatic heterocycles. The van der Waals surface area contributed by atoms with Crippen molar-refractivity contribution in [2.45, 2.75) is 18.9 Å². The lowest BCUT2D eigenvalue weighted by atomic mass is 10.1. The molecule has 6 nitrogen and oxygen atoms in total. The molecule has 0 fully saturated rings. The van der Waals surface area contributed by atoms with Crippen LogP contribution < -0.4 is 10.9 Å². The highest BCUT2D eigenvalue weighted by atomic mass is 35.5. The van der Waals surface area contributed by atoms with Crippen molar-refractivity contribution < 1.29 is 4.79 Å². The van der Waals surface area contributed by atoms with E-state index in [0.717, 1.165) is 29.5 Å². The second-order valence-corrected chi connectivity index (χ2v) is 8.30. The molecule has 0 saturated carbocycles. The van der Waals surface area contributed by atoms with Gasteiger partial charge in [-0.2, -0.15) is 0 Å². The van der Waals surface area contributed by atoms with E-state index in [-0.39, 0.29) is 17.5 Å². The predicted molar refractivity (Wildman–Crippen MR) is 128 cm³/mol. The number of halogens is 1. The maximum Gasteiger partial charge on any atom is 0.280 e. The molecule has 1 aliphatic carbocycles. The minimum Gasteiger partial charge on any atom is -0.345 e. The molecule has 33 heavy (non-hydrogen) atoms. The zero-order valence-corrected chi connectivity index (χ0v) is 18.3. The predicted octanol–water partition coefficient (Wildman–Crippen LogP) is 4.28. The highest BCUT2D eigenvalue weighted by Gasteiger charge is 2.24. The molecule has 4 aromatic rings. The third kappa shape index (κ3) is 3.95. The Labute approximate surface area is 195 Å². The number of amides is 1. The second-order valence-electron chi connectivity index (χ2n) is 7.86. The van der Waals surface area contributed by atoms with Gasteiger partial charge in [0.05, 0.1) is 17.2 Å². The number of benzene rings is 2. The molecule has 1 aliphatic rings. The Hall–Kier alpha value is -4.08. The van der Waals surface area contributed by atoms with Crippen LogP contribution in [0.5, 0.6) is 0 Å². The normalized spacial score (nSPS) is 14.5. The van der Waals surface area contributed by atoms with E-state index in [9.17, 15) is 9.59 Å². The summed E-state index contributed by atoms with van der Waals surface area (Å²) in [5.41, 5.74) is 4.43. The summed E-state index contributed by atoms with van der Waals surface area (Å²) in [6, 6.07) is 16.2. The molecule has 0 radical (unpaired) electrons. The molecule has 2 N–H and O–H groups in total. The van der Waals surface area contributed by atoms with Gasteiger partial charge in [0.15, 0.2) is 5.82 Å². The van der Waals surface area contributed by atoms with Gasteiger partial charge in [0, 0.05) is 23.0 Å². The molecule has 1 atom stereocenters. The van der Waals surface area contributed by atoms with Crippen LogP contribution in [-0.4, -0.2) is 20.7 Å². The third-order valence-electron chi connectivity index (χ3n) is 5.86. The summed E-state index contributed by atoms with van der Waals surface area (Å²) in [4.78, 5) is 30.0. The van der Waals surface area contributed by atoms with Gasteiger partial charge in [0.1, 0.15) is 0 Å². The Balaban J connectivity index is 1.34. The standard InChI is InChI=1S/C26H19ClN4O2/c1-2-16-3-5-18(6-4-16)22-15-29-31(26(22)33)24-12-9-19(14-28-24)25(32)30-23-11-8-17-7-10-20(27)13-21(17)23/h1,3-7,9-10,12-15,23,29H,8,11H2,(H,30,32). The summed E-state index contributed by atoms with van der Waals surface area (Å²) < 4.78 is 1.33. The van der Waals surface area contributed by atoms with Gasteiger partial charge in [-0.3, -0.25) is 14.7 Å². The van der Waals surface area contributed by atoms with Crippen LogP contribution in [0.15, 0.2) is 71.8 Å². The fourth-order valence-electron chi connectivity index (χ4n) is 4.11. The average molecular weight is 455 g/mol. The number of hydrogen-bond donors (Lipinski definition) is 2. The van der Waals surface area contributed by atoms with Crippen LogP contribution in [0, 0.1) is 12.3 Å². The smallest absolute Gasteiger partial charge is 0.280 e. The van der Waals surface area contributed by atoms with Crippen LogP contribution in [-0.2, 0) is 6.42 Å². The van der Waals surface area contributed by atoms with Crippen LogP contribution in [0.4, 0.5) is 0 Å². The van der Waals surface area contributed by atoms with Gasteiger partial charge in [-0.15, -0.1) is 6.42 Å². The van der Waals surface area contributed by atoms with E-state index in [0.29, 0.717) is 22.0 Å². The molecule has 162 valence electrons. The number of H-pyrrole nitrogens is 1. The number of rotatable bonds is 4. The average Bonchev–Trinajstić information content (AvgIpc) is 3.42. The number of pyridine rings is 1. The first kappa shape index (κ1) is 20.8. The number of carbonyl (C=O) groups is 1. The van der Waals surface area contributed by atoms with E-state index in [2.05, 4.69) is 21.3 Å². The largest absolute Gasteiger partial charge is 0.345 e. The first-order valence-electron chi connectivity index (χ1n) is 10.5. The summed E-state index contributed by atoms with van der Waals surface area (Å²) >= 11 is 6.12. The van der Waals surface area contributed by atoms with E-state index in [1.165, 1.54) is 16.4 Å². The first-order chi connectivity index (χ1) is 16.0. The number of nitrogens with one attached hydrogen (secondary N) is 2. The van der Waals surface area contributed by atoms with Gasteiger partial charge in [-0.05, 0) is 65.9 Å². The number of aromatic nitrogens is 3. The van der Waals surface area contributed by atoms with Gasteiger partial charge in [0.2, 0.25) is 0 Å². The maximum absolute atomic E-state index is 12.9. The van der Waals surface area contributed by atoms with E-state index < -0.39 is 0 Å². The lowest BCUT2D eigenvalue weighted by Gasteiger charge is -2.14. The number of nitrogens with zero attached hydrogens (tertiary/aromatic N) is 2. The Bertz CT molecular complexity index is 1440. The van der Waals surface area contributed by atoms with Crippen molar-refractivity contribution in [3.05, 3.63) is 105 Å². The summed E-state index contributed by atoms with van der Waals surface area (Å²) in [5.74, 6) is 2.72. The topological polar surface area (TPSA) is 79.8 Å². The fraction of sp³-hybridized carbons (Fsp3) is 0.115. The summed E-state index contributed by atoms with van der Waals surface area (Å²) in [5, 5.41) is 6.64. The summed E-state index contributed by atoms with van der Waals surface area (Å²) in [6.07, 6.45) is 10.2. The third-order valence-corrected chi connectivity index (χ3v) is 6.10. The fourth-order valence-corrected chi connectivity index (χ4v) is 4.29. The molecule has 0 aliphatic heterocycles. The van der Waals surface area contributed by atoms with E-state index in [4.69, 9.17) is 18.0 Å². The van der Waals surface area contributed by atoms with E-state index >= 15 is 0 Å². The number of carbonyl (C=O) groups excluding carboxylic acids is 1. The van der Waals surface area contributed by atoms with E-state index in [1.54, 1.807) is 42.6 Å². The Morgan fingerprint density at radius 1 is 1.18 bits per heavy atom. The molecular formula is C26H19ClN4O2. The Kier molecular flexibility index (Phi) is 5.33. The van der Waals surface area contributed by atoms with Gasteiger partial charge in [-0.1, -0.05) is 35.7 Å². The Morgan fingerprint density at radius 3 is 2.73 bits per heavy atom. The van der Waals surface area contributed by atoms with Gasteiger partial charge < -0.3 is 5.32 Å². The summed E-state index contributed by atoms with van der Waals surface area (Å²) in [6.45, 7) is 0.